The first-order valence-corrected chi connectivity index (χ1v) is 9.52. The summed E-state index contributed by atoms with van der Waals surface area (Å²) < 4.78 is 1.97. The van der Waals surface area contributed by atoms with Gasteiger partial charge in [-0.3, -0.25) is 4.79 Å². The van der Waals surface area contributed by atoms with E-state index in [2.05, 4.69) is 34.1 Å². The van der Waals surface area contributed by atoms with Crippen molar-refractivity contribution in [3.05, 3.63) is 65.5 Å². The lowest BCUT2D eigenvalue weighted by Gasteiger charge is -2.45. The molecule has 3 aromatic rings. The van der Waals surface area contributed by atoms with Crippen molar-refractivity contribution in [1.82, 2.24) is 14.5 Å². The molecular formula is C22H23N3O. The third-order valence-corrected chi connectivity index (χ3v) is 6.18. The molecule has 0 bridgehead atoms. The summed E-state index contributed by atoms with van der Waals surface area (Å²) in [6, 6.07) is 15.0. The van der Waals surface area contributed by atoms with Crippen LogP contribution < -0.4 is 0 Å². The smallest absolute Gasteiger partial charge is 0.254 e. The topological polar surface area (TPSA) is 38.1 Å². The molecule has 1 amide bonds. The number of hydrogen-bond acceptors (Lipinski definition) is 2. The van der Waals surface area contributed by atoms with E-state index < -0.39 is 0 Å². The Morgan fingerprint density at radius 3 is 2.96 bits per heavy atom. The Hall–Kier alpha value is -2.62. The van der Waals surface area contributed by atoms with E-state index in [-0.39, 0.29) is 5.91 Å². The molecule has 2 heterocycles. The number of carbonyl (C=O) groups is 1. The third-order valence-electron chi connectivity index (χ3n) is 6.18. The number of hydrogen-bond donors (Lipinski definition) is 0. The second kappa shape index (κ2) is 5.97. The summed E-state index contributed by atoms with van der Waals surface area (Å²) in [6.45, 7) is 0.867. The maximum atomic E-state index is 13.3. The fourth-order valence-corrected chi connectivity index (χ4v) is 4.88. The third kappa shape index (κ3) is 2.36. The maximum absolute atomic E-state index is 13.3. The first-order valence-electron chi connectivity index (χ1n) is 9.52. The highest BCUT2D eigenvalue weighted by atomic mass is 16.2. The van der Waals surface area contributed by atoms with Gasteiger partial charge in [-0.1, -0.05) is 24.3 Å². The van der Waals surface area contributed by atoms with Gasteiger partial charge >= 0.3 is 0 Å². The number of fused-ring (bicyclic) bond motifs is 4. The molecule has 2 atom stereocenters. The number of aromatic nitrogens is 2. The lowest BCUT2D eigenvalue weighted by atomic mass is 9.74. The standard InChI is InChI=1S/C22H23N3O/c1-24-14-23-19-10-8-16(13-21(19)24)22(26)25-12-4-7-18-17-6-3-2-5-15(17)9-11-20(18)25/h2-3,5-6,8,10,13-14,18,20H,4,7,9,11-12H2,1H3/t18-,20+/m0/s1. The Morgan fingerprint density at radius 2 is 2.04 bits per heavy atom. The largest absolute Gasteiger partial charge is 0.335 e. The lowest BCUT2D eigenvalue weighted by Crippen LogP contribution is -2.49. The minimum atomic E-state index is 0.169. The Bertz CT molecular complexity index is 990. The van der Waals surface area contributed by atoms with E-state index in [0.717, 1.165) is 42.4 Å². The molecule has 26 heavy (non-hydrogen) atoms. The van der Waals surface area contributed by atoms with Gasteiger partial charge in [0, 0.05) is 31.1 Å². The van der Waals surface area contributed by atoms with Crippen LogP contribution in [0.1, 0.15) is 46.7 Å². The van der Waals surface area contributed by atoms with Crippen molar-refractivity contribution >= 4 is 16.9 Å². The average molecular weight is 345 g/mol. The van der Waals surface area contributed by atoms with Gasteiger partial charge in [0.05, 0.1) is 17.4 Å². The van der Waals surface area contributed by atoms with Gasteiger partial charge in [-0.25, -0.2) is 4.98 Å². The van der Waals surface area contributed by atoms with Crippen molar-refractivity contribution in [3.8, 4) is 0 Å². The van der Waals surface area contributed by atoms with Crippen molar-refractivity contribution in [2.75, 3.05) is 6.54 Å². The molecule has 1 aromatic heterocycles. The molecule has 2 aromatic carbocycles. The fourth-order valence-electron chi connectivity index (χ4n) is 4.88. The molecule has 5 rings (SSSR count). The fraction of sp³-hybridized carbons (Fsp3) is 0.364. The van der Waals surface area contributed by atoms with Crippen molar-refractivity contribution in [2.45, 2.75) is 37.6 Å². The normalized spacial score (nSPS) is 22.1. The van der Waals surface area contributed by atoms with Gasteiger partial charge in [-0.05, 0) is 55.0 Å². The number of imidazole rings is 1. The van der Waals surface area contributed by atoms with Gasteiger partial charge in [-0.2, -0.15) is 0 Å². The van der Waals surface area contributed by atoms with Crippen LogP contribution >= 0.6 is 0 Å². The summed E-state index contributed by atoms with van der Waals surface area (Å²) in [5.41, 5.74) is 5.66. The number of piperidine rings is 1. The van der Waals surface area contributed by atoms with E-state index >= 15 is 0 Å². The number of amides is 1. The quantitative estimate of drug-likeness (QED) is 0.671. The van der Waals surface area contributed by atoms with E-state index in [1.165, 1.54) is 17.5 Å². The summed E-state index contributed by atoms with van der Waals surface area (Å²) in [5.74, 6) is 0.653. The predicted octanol–water partition coefficient (Wildman–Crippen LogP) is 3.91. The van der Waals surface area contributed by atoms with E-state index in [9.17, 15) is 4.79 Å². The van der Waals surface area contributed by atoms with Gasteiger partial charge in [0.2, 0.25) is 0 Å². The highest BCUT2D eigenvalue weighted by Gasteiger charge is 2.38. The SMILES string of the molecule is Cn1cnc2ccc(C(=O)N3CCC[C@H]4c5ccccc5CC[C@H]43)cc21. The molecule has 1 fully saturated rings. The zero-order valence-corrected chi connectivity index (χ0v) is 15.1. The molecule has 0 unspecified atom stereocenters. The lowest BCUT2D eigenvalue weighted by molar-refractivity contribution is 0.0547. The molecule has 0 radical (unpaired) electrons. The van der Waals surface area contributed by atoms with Crippen LogP contribution in [0.5, 0.6) is 0 Å². The Kier molecular flexibility index (Phi) is 3.59. The first-order chi connectivity index (χ1) is 12.7. The van der Waals surface area contributed by atoms with Gasteiger partial charge in [-0.15, -0.1) is 0 Å². The van der Waals surface area contributed by atoms with Crippen molar-refractivity contribution in [2.24, 2.45) is 7.05 Å². The molecule has 4 heteroatoms. The van der Waals surface area contributed by atoms with Crippen LogP contribution in [0.3, 0.4) is 0 Å². The monoisotopic (exact) mass is 345 g/mol. The molecule has 132 valence electrons. The summed E-state index contributed by atoms with van der Waals surface area (Å²) in [4.78, 5) is 19.8. The molecule has 4 nitrogen and oxygen atoms in total. The maximum Gasteiger partial charge on any atom is 0.254 e. The number of nitrogens with zero attached hydrogens (tertiary/aromatic N) is 3. The molecule has 1 saturated heterocycles. The molecule has 1 aliphatic heterocycles. The second-order valence-corrected chi connectivity index (χ2v) is 7.61. The van der Waals surface area contributed by atoms with Crippen LogP contribution in [-0.2, 0) is 13.5 Å². The Balaban J connectivity index is 1.49. The minimum Gasteiger partial charge on any atom is -0.335 e. The summed E-state index contributed by atoms with van der Waals surface area (Å²) in [5, 5.41) is 0. The number of carbonyl (C=O) groups excluding carboxylic acids is 1. The Morgan fingerprint density at radius 1 is 1.15 bits per heavy atom. The predicted molar refractivity (Wildman–Crippen MR) is 102 cm³/mol. The van der Waals surface area contributed by atoms with E-state index in [0.29, 0.717) is 12.0 Å². The van der Waals surface area contributed by atoms with E-state index in [1.807, 2.05) is 29.8 Å². The van der Waals surface area contributed by atoms with Gasteiger partial charge in [0.15, 0.2) is 0 Å². The highest BCUT2D eigenvalue weighted by molar-refractivity contribution is 5.97. The van der Waals surface area contributed by atoms with Crippen molar-refractivity contribution in [1.29, 1.82) is 0 Å². The molecule has 0 saturated carbocycles. The van der Waals surface area contributed by atoms with Crippen molar-refractivity contribution in [3.63, 3.8) is 0 Å². The molecule has 2 aliphatic rings. The van der Waals surface area contributed by atoms with Crippen LogP contribution in [0.2, 0.25) is 0 Å². The van der Waals surface area contributed by atoms with Crippen LogP contribution in [-0.4, -0.2) is 32.9 Å². The summed E-state index contributed by atoms with van der Waals surface area (Å²) in [6.07, 6.45) is 6.21. The molecule has 1 aliphatic carbocycles. The molecule has 0 spiro atoms. The molecule has 0 N–H and O–H groups in total. The van der Waals surface area contributed by atoms with Crippen LogP contribution in [0.4, 0.5) is 0 Å². The first kappa shape index (κ1) is 15.6. The number of aryl methyl sites for hydroxylation is 2. The highest BCUT2D eigenvalue weighted by Crippen LogP contribution is 2.41. The Labute approximate surface area is 153 Å². The number of benzene rings is 2. The van der Waals surface area contributed by atoms with Gasteiger partial charge < -0.3 is 9.47 Å². The van der Waals surface area contributed by atoms with E-state index in [4.69, 9.17) is 0 Å². The van der Waals surface area contributed by atoms with Gasteiger partial charge in [0.25, 0.3) is 5.91 Å². The summed E-state index contributed by atoms with van der Waals surface area (Å²) >= 11 is 0. The van der Waals surface area contributed by atoms with Crippen LogP contribution in [0.15, 0.2) is 48.8 Å². The van der Waals surface area contributed by atoms with Crippen LogP contribution in [0, 0.1) is 0 Å². The number of likely N-dealkylation sites (tertiary alicyclic amines) is 1. The minimum absolute atomic E-state index is 0.169. The zero-order chi connectivity index (χ0) is 17.7. The van der Waals surface area contributed by atoms with Crippen LogP contribution in [0.25, 0.3) is 11.0 Å². The average Bonchev–Trinajstić information content (AvgIpc) is 3.07. The van der Waals surface area contributed by atoms with Crippen molar-refractivity contribution < 1.29 is 4.79 Å². The zero-order valence-electron chi connectivity index (χ0n) is 15.1. The van der Waals surface area contributed by atoms with Gasteiger partial charge in [0.1, 0.15) is 0 Å². The molecular weight excluding hydrogens is 322 g/mol. The van der Waals surface area contributed by atoms with E-state index in [1.54, 1.807) is 6.33 Å². The second-order valence-electron chi connectivity index (χ2n) is 7.61. The summed E-state index contributed by atoms with van der Waals surface area (Å²) in [7, 11) is 1.97. The number of rotatable bonds is 1.